The van der Waals surface area contributed by atoms with Crippen molar-refractivity contribution in [3.8, 4) is 22.3 Å². The molecule has 77 heavy (non-hydrogen) atoms. The van der Waals surface area contributed by atoms with Gasteiger partial charge in [0.15, 0.2) is 0 Å². The topological polar surface area (TPSA) is 176 Å². The SMILES string of the molecule is CC.CC.CC.CC.CC.CC.COCCOCN(C(=O)OC(C)(C)C)c1ccc(N(COCCOC)S(=O)(=O)c2ccccc2-c2ccccc2)cc1.Nc1ccc(NS(=O)(=O)c2ccccc2-c2ccccc2)cc1. The predicted molar refractivity (Wildman–Crippen MR) is 324 cm³/mol. The zero-order valence-electron chi connectivity index (χ0n) is 49.1. The minimum Gasteiger partial charge on any atom is -0.443 e. The van der Waals surface area contributed by atoms with Gasteiger partial charge in [0.2, 0.25) is 0 Å². The lowest BCUT2D eigenvalue weighted by Crippen LogP contribution is -2.38. The van der Waals surface area contributed by atoms with Crippen LogP contribution < -0.4 is 19.7 Å². The van der Waals surface area contributed by atoms with Gasteiger partial charge in [-0.2, -0.15) is 0 Å². The number of nitrogens with zero attached hydrogens (tertiary/aromatic N) is 2. The molecule has 0 bridgehead atoms. The van der Waals surface area contributed by atoms with Crippen LogP contribution >= 0.6 is 0 Å². The molecule has 0 heterocycles. The van der Waals surface area contributed by atoms with E-state index in [-0.39, 0.29) is 36.5 Å². The molecule has 0 aliphatic heterocycles. The Balaban J connectivity index is 0. The molecular weight excluding hydrogens is 1010 g/mol. The van der Waals surface area contributed by atoms with Crippen LogP contribution in [0.15, 0.2) is 168 Å². The Hall–Kier alpha value is -6.27. The van der Waals surface area contributed by atoms with Gasteiger partial charge in [0.05, 0.1) is 41.9 Å². The summed E-state index contributed by atoms with van der Waals surface area (Å²) in [6, 6.07) is 45.6. The van der Waals surface area contributed by atoms with Crippen LogP contribution in [0.1, 0.15) is 104 Å². The monoisotopic (exact) mass is 1100 g/mol. The summed E-state index contributed by atoms with van der Waals surface area (Å²) in [5.74, 6) is 0. The van der Waals surface area contributed by atoms with Crippen LogP contribution in [-0.2, 0) is 43.7 Å². The third kappa shape index (κ3) is 25.6. The number of rotatable bonds is 19. The van der Waals surface area contributed by atoms with Gasteiger partial charge in [0.25, 0.3) is 20.0 Å². The highest BCUT2D eigenvalue weighted by molar-refractivity contribution is 7.93. The standard InChI is InChI=1S/C31H40N2O8S.C18H16N2O2S.6C2H6/c1-31(2,3)41-30(34)32(23-39-21-19-37-4)26-15-17-27(18-16-26)33(24-40-22-20-38-5)42(35,36)29-14-10-9-13-28(29)25-11-7-6-8-12-25;19-15-10-12-16(13-11-15)20-23(21,22)18-9-5-4-8-17(18)14-6-2-1-3-7-14;6*1-2/h6-18H,19-24H2,1-5H3;1-13,20H,19H2;6*1-2H3. The number of ether oxygens (including phenoxy) is 5. The molecule has 1 amide bonds. The summed E-state index contributed by atoms with van der Waals surface area (Å²) in [6.45, 7) is 30.1. The molecule has 0 unspecified atom stereocenters. The van der Waals surface area contributed by atoms with E-state index in [1.807, 2.05) is 150 Å². The number of benzene rings is 6. The van der Waals surface area contributed by atoms with E-state index in [4.69, 9.17) is 29.4 Å². The molecule has 0 fully saturated rings. The van der Waals surface area contributed by atoms with E-state index in [0.717, 1.165) is 11.1 Å². The van der Waals surface area contributed by atoms with E-state index in [0.29, 0.717) is 47.1 Å². The van der Waals surface area contributed by atoms with E-state index in [1.54, 1.807) is 126 Å². The number of hydrogen-bond acceptors (Lipinski definition) is 11. The molecule has 14 nitrogen and oxygen atoms in total. The molecule has 6 aromatic carbocycles. The third-order valence-corrected chi connectivity index (χ3v) is 12.6. The maximum absolute atomic E-state index is 14.2. The Morgan fingerprint density at radius 1 is 0.494 bits per heavy atom. The third-order valence-electron chi connectivity index (χ3n) is 9.32. The van der Waals surface area contributed by atoms with Crippen molar-refractivity contribution in [1.82, 2.24) is 0 Å². The Morgan fingerprint density at radius 3 is 1.32 bits per heavy atom. The van der Waals surface area contributed by atoms with Crippen LogP contribution in [0.2, 0.25) is 0 Å². The maximum Gasteiger partial charge on any atom is 0.416 e. The lowest BCUT2D eigenvalue weighted by Gasteiger charge is -2.28. The summed E-state index contributed by atoms with van der Waals surface area (Å²) in [4.78, 5) is 14.7. The van der Waals surface area contributed by atoms with Crippen LogP contribution in [0.25, 0.3) is 22.3 Å². The largest absolute Gasteiger partial charge is 0.443 e. The maximum atomic E-state index is 14.2. The fraction of sp³-hybridized carbons (Fsp3) is 0.393. The van der Waals surface area contributed by atoms with E-state index >= 15 is 0 Å². The fourth-order valence-corrected chi connectivity index (χ4v) is 9.06. The van der Waals surface area contributed by atoms with Gasteiger partial charge in [-0.25, -0.2) is 25.9 Å². The molecule has 0 saturated carbocycles. The summed E-state index contributed by atoms with van der Waals surface area (Å²) in [5, 5.41) is 0. The van der Waals surface area contributed by atoms with Crippen molar-refractivity contribution < 1.29 is 45.3 Å². The fourth-order valence-electron chi connectivity index (χ4n) is 6.20. The number of anilines is 4. The molecule has 428 valence electrons. The average molecular weight is 1110 g/mol. The zero-order valence-corrected chi connectivity index (χ0v) is 50.8. The zero-order chi connectivity index (χ0) is 58.9. The number of hydrogen-bond donors (Lipinski definition) is 2. The molecule has 16 heteroatoms. The molecule has 0 aliphatic rings. The first-order valence-corrected chi connectivity index (χ1v) is 29.5. The van der Waals surface area contributed by atoms with Gasteiger partial charge < -0.3 is 29.4 Å². The van der Waals surface area contributed by atoms with Crippen LogP contribution in [-0.4, -0.2) is 82.6 Å². The Kier molecular flexibility index (Phi) is 39.6. The first-order chi connectivity index (χ1) is 37.1. The van der Waals surface area contributed by atoms with Crippen molar-refractivity contribution >= 4 is 48.9 Å². The number of nitrogen functional groups attached to an aromatic ring is 1. The van der Waals surface area contributed by atoms with Gasteiger partial charge >= 0.3 is 6.09 Å². The smallest absolute Gasteiger partial charge is 0.416 e. The molecule has 0 saturated heterocycles. The number of amides is 1. The quantitative estimate of drug-likeness (QED) is 0.0448. The van der Waals surface area contributed by atoms with E-state index in [9.17, 15) is 21.6 Å². The average Bonchev–Trinajstić information content (AvgIpc) is 3.47. The summed E-state index contributed by atoms with van der Waals surface area (Å²) in [6.07, 6.45) is -0.600. The van der Waals surface area contributed by atoms with Gasteiger partial charge in [-0.15, -0.1) is 0 Å². The van der Waals surface area contributed by atoms with Crippen LogP contribution in [0.3, 0.4) is 0 Å². The first kappa shape index (κ1) is 72.8. The summed E-state index contributed by atoms with van der Waals surface area (Å²) in [7, 11) is -4.68. The highest BCUT2D eigenvalue weighted by Crippen LogP contribution is 2.33. The molecule has 3 N–H and O–H groups in total. The molecule has 0 radical (unpaired) electrons. The van der Waals surface area contributed by atoms with E-state index in [2.05, 4.69) is 4.72 Å². The van der Waals surface area contributed by atoms with Gasteiger partial charge in [0.1, 0.15) is 19.1 Å². The van der Waals surface area contributed by atoms with E-state index in [1.165, 1.54) is 9.21 Å². The van der Waals surface area contributed by atoms with Crippen molar-refractivity contribution in [3.05, 3.63) is 158 Å². The normalized spacial score (nSPS) is 10.2. The predicted octanol–water partition coefficient (Wildman–Crippen LogP) is 15.4. The lowest BCUT2D eigenvalue weighted by atomic mass is 10.1. The summed E-state index contributed by atoms with van der Waals surface area (Å²) < 4.78 is 84.6. The van der Waals surface area contributed by atoms with Gasteiger partial charge in [-0.3, -0.25) is 9.62 Å². The number of nitrogens with one attached hydrogen (secondary N) is 1. The highest BCUT2D eigenvalue weighted by atomic mass is 32.2. The van der Waals surface area contributed by atoms with Crippen LogP contribution in [0.5, 0.6) is 0 Å². The van der Waals surface area contributed by atoms with Crippen LogP contribution in [0, 0.1) is 0 Å². The van der Waals surface area contributed by atoms with Crippen molar-refractivity contribution in [2.24, 2.45) is 0 Å². The molecule has 0 aromatic heterocycles. The van der Waals surface area contributed by atoms with Crippen molar-refractivity contribution in [2.45, 2.75) is 119 Å². The minimum absolute atomic E-state index is 0.0792. The first-order valence-electron chi connectivity index (χ1n) is 26.6. The van der Waals surface area contributed by atoms with Crippen molar-refractivity contribution in [2.75, 3.05) is 73.8 Å². The van der Waals surface area contributed by atoms with Crippen molar-refractivity contribution in [3.63, 3.8) is 0 Å². The van der Waals surface area contributed by atoms with Gasteiger partial charge in [0, 0.05) is 42.4 Å². The molecular formula is C61H92N4O10S2. The van der Waals surface area contributed by atoms with Gasteiger partial charge in [-0.05, 0) is 92.6 Å². The Bertz CT molecular complexity index is 2630. The summed E-state index contributed by atoms with van der Waals surface area (Å²) in [5.41, 5.74) is 9.63. The second kappa shape index (κ2) is 41.8. The molecule has 6 rings (SSSR count). The van der Waals surface area contributed by atoms with E-state index < -0.39 is 31.7 Å². The Labute approximate surface area is 465 Å². The minimum atomic E-state index is -4.09. The number of carbonyl (C=O) groups is 1. The molecule has 6 aromatic rings. The molecule has 0 atom stereocenters. The van der Waals surface area contributed by atoms with Crippen molar-refractivity contribution in [1.29, 1.82) is 0 Å². The van der Waals surface area contributed by atoms with Gasteiger partial charge in [-0.1, -0.05) is 180 Å². The second-order valence-electron chi connectivity index (χ2n) is 15.3. The number of nitrogens with two attached hydrogens (primary N) is 1. The molecule has 0 aliphatic carbocycles. The number of methoxy groups -OCH3 is 2. The second-order valence-corrected chi connectivity index (χ2v) is 18.8. The number of carbonyl (C=O) groups excluding carboxylic acids is 1. The van der Waals surface area contributed by atoms with Crippen LogP contribution in [0.4, 0.5) is 27.5 Å². The summed E-state index contributed by atoms with van der Waals surface area (Å²) >= 11 is 0. The Morgan fingerprint density at radius 2 is 0.883 bits per heavy atom. The highest BCUT2D eigenvalue weighted by Gasteiger charge is 2.29. The number of sulfonamides is 2. The molecule has 0 spiro atoms. The lowest BCUT2D eigenvalue weighted by molar-refractivity contribution is 0.0412.